The summed E-state index contributed by atoms with van der Waals surface area (Å²) in [6, 6.07) is 10.9. The van der Waals surface area contributed by atoms with Gasteiger partial charge in [-0.3, -0.25) is 9.69 Å². The second kappa shape index (κ2) is 6.54. The van der Waals surface area contributed by atoms with Gasteiger partial charge in [-0.2, -0.15) is 0 Å². The van der Waals surface area contributed by atoms with Crippen LogP contribution in [0, 0.1) is 19.3 Å². The second-order valence-corrected chi connectivity index (χ2v) is 7.90. The fourth-order valence-corrected chi connectivity index (χ4v) is 4.54. The monoisotopic (exact) mass is 353 g/mol. The summed E-state index contributed by atoms with van der Waals surface area (Å²) >= 11 is 0. The zero-order valence-electron chi connectivity index (χ0n) is 15.9. The van der Waals surface area contributed by atoms with Crippen molar-refractivity contribution < 1.29 is 9.32 Å². The van der Waals surface area contributed by atoms with E-state index in [1.807, 2.05) is 18.7 Å². The molecule has 0 radical (unpaired) electrons. The summed E-state index contributed by atoms with van der Waals surface area (Å²) in [6.07, 6.45) is 2.09. The van der Waals surface area contributed by atoms with E-state index in [9.17, 15) is 4.79 Å². The summed E-state index contributed by atoms with van der Waals surface area (Å²) in [5.74, 6) is 1.11. The van der Waals surface area contributed by atoms with E-state index in [4.69, 9.17) is 4.52 Å². The van der Waals surface area contributed by atoms with Gasteiger partial charge in [0.25, 0.3) is 0 Å². The third-order valence-corrected chi connectivity index (χ3v) is 6.20. The number of carbonyl (C=O) groups excluding carboxylic acids is 1. The molecule has 138 valence electrons. The summed E-state index contributed by atoms with van der Waals surface area (Å²) in [6.45, 7) is 9.49. The van der Waals surface area contributed by atoms with Crippen LogP contribution in [0.2, 0.25) is 0 Å². The molecule has 0 saturated carbocycles. The van der Waals surface area contributed by atoms with Gasteiger partial charge in [-0.05, 0) is 45.7 Å². The lowest BCUT2D eigenvalue weighted by molar-refractivity contribution is -0.168. The molecule has 2 atom stereocenters. The minimum atomic E-state index is -0.194. The van der Waals surface area contributed by atoms with E-state index in [2.05, 4.69) is 47.3 Å². The minimum Gasteiger partial charge on any atom is -0.361 e. The van der Waals surface area contributed by atoms with Gasteiger partial charge >= 0.3 is 0 Å². The Hall–Kier alpha value is -2.14. The molecule has 0 aliphatic carbocycles. The number of aromatic nitrogens is 1. The van der Waals surface area contributed by atoms with Crippen LogP contribution in [0.5, 0.6) is 0 Å². The van der Waals surface area contributed by atoms with Crippen LogP contribution < -0.4 is 0 Å². The average Bonchev–Trinajstić information content (AvgIpc) is 2.99. The molecule has 1 aromatic carbocycles. The Balaban J connectivity index is 1.44. The fraction of sp³-hybridized carbons (Fsp3) is 0.524. The van der Waals surface area contributed by atoms with Gasteiger partial charge in [0.15, 0.2) is 0 Å². The van der Waals surface area contributed by atoms with Gasteiger partial charge in [-0.1, -0.05) is 35.5 Å². The number of nitrogens with zero attached hydrogens (tertiary/aromatic N) is 3. The molecule has 2 fully saturated rings. The van der Waals surface area contributed by atoms with E-state index >= 15 is 0 Å². The molecule has 2 aromatic rings. The third kappa shape index (κ3) is 2.84. The number of β-lactam (4-membered cyclic amide) rings is 1. The largest absolute Gasteiger partial charge is 0.361 e. The van der Waals surface area contributed by atoms with Crippen LogP contribution in [-0.2, 0) is 11.3 Å². The maximum Gasteiger partial charge on any atom is 0.232 e. The number of rotatable bonds is 4. The average molecular weight is 353 g/mol. The van der Waals surface area contributed by atoms with E-state index in [1.54, 1.807) is 0 Å². The van der Waals surface area contributed by atoms with Crippen molar-refractivity contribution in [3.05, 3.63) is 52.9 Å². The quantitative estimate of drug-likeness (QED) is 0.790. The minimum absolute atomic E-state index is 0.194. The van der Waals surface area contributed by atoms with Gasteiger partial charge < -0.3 is 9.42 Å². The highest BCUT2D eigenvalue weighted by molar-refractivity contribution is 5.89. The van der Waals surface area contributed by atoms with E-state index in [1.165, 1.54) is 5.56 Å². The summed E-state index contributed by atoms with van der Waals surface area (Å²) in [4.78, 5) is 17.5. The zero-order valence-corrected chi connectivity index (χ0v) is 15.9. The molecule has 2 aliphatic heterocycles. The topological polar surface area (TPSA) is 49.6 Å². The Bertz CT molecular complexity index is 781. The predicted octanol–water partition coefficient (Wildman–Crippen LogP) is 3.48. The molecular formula is C21H27N3O2. The van der Waals surface area contributed by atoms with Crippen LogP contribution >= 0.6 is 0 Å². The molecule has 1 spiro atoms. The van der Waals surface area contributed by atoms with E-state index < -0.39 is 0 Å². The van der Waals surface area contributed by atoms with Gasteiger partial charge in [0, 0.05) is 24.7 Å². The van der Waals surface area contributed by atoms with Crippen LogP contribution in [0.1, 0.15) is 48.4 Å². The Morgan fingerprint density at radius 1 is 1.23 bits per heavy atom. The molecule has 1 aromatic heterocycles. The summed E-state index contributed by atoms with van der Waals surface area (Å²) < 4.78 is 5.24. The van der Waals surface area contributed by atoms with Crippen molar-refractivity contribution in [3.8, 4) is 0 Å². The molecule has 0 bridgehead atoms. The maximum atomic E-state index is 13.0. The molecule has 5 nitrogen and oxygen atoms in total. The zero-order chi connectivity index (χ0) is 18.3. The number of amides is 1. The Labute approximate surface area is 155 Å². The number of likely N-dealkylation sites (tertiary alicyclic amines) is 2. The van der Waals surface area contributed by atoms with Crippen molar-refractivity contribution in [1.82, 2.24) is 15.0 Å². The number of aryl methyl sites for hydroxylation is 2. The predicted molar refractivity (Wildman–Crippen MR) is 99.5 cm³/mol. The first-order valence-corrected chi connectivity index (χ1v) is 9.50. The second-order valence-electron chi connectivity index (χ2n) is 7.90. The lowest BCUT2D eigenvalue weighted by Gasteiger charge is -2.54. The molecule has 1 amide bonds. The Morgan fingerprint density at radius 3 is 2.65 bits per heavy atom. The molecule has 3 heterocycles. The van der Waals surface area contributed by atoms with Crippen molar-refractivity contribution in [2.45, 2.75) is 46.2 Å². The van der Waals surface area contributed by atoms with Crippen LogP contribution in [0.25, 0.3) is 0 Å². The first-order valence-electron chi connectivity index (χ1n) is 9.50. The van der Waals surface area contributed by atoms with Crippen molar-refractivity contribution in [1.29, 1.82) is 0 Å². The van der Waals surface area contributed by atoms with Crippen molar-refractivity contribution in [2.75, 3.05) is 19.6 Å². The molecule has 5 heteroatoms. The molecule has 0 N–H and O–H groups in total. The van der Waals surface area contributed by atoms with E-state index in [0.717, 1.165) is 49.5 Å². The highest BCUT2D eigenvalue weighted by Crippen LogP contribution is 2.43. The number of carbonyl (C=O) groups is 1. The van der Waals surface area contributed by atoms with Gasteiger partial charge in [-0.25, -0.2) is 0 Å². The van der Waals surface area contributed by atoms with Crippen molar-refractivity contribution in [3.63, 3.8) is 0 Å². The fourth-order valence-electron chi connectivity index (χ4n) is 4.54. The normalized spacial score (nSPS) is 24.7. The highest BCUT2D eigenvalue weighted by Gasteiger charge is 2.54. The number of benzene rings is 1. The summed E-state index contributed by atoms with van der Waals surface area (Å²) in [5, 5.41) is 4.00. The summed E-state index contributed by atoms with van der Waals surface area (Å²) in [5.41, 5.74) is 3.07. The lowest BCUT2D eigenvalue weighted by atomic mass is 9.71. The van der Waals surface area contributed by atoms with Crippen LogP contribution in [0.4, 0.5) is 0 Å². The van der Waals surface area contributed by atoms with Crippen molar-refractivity contribution >= 4 is 5.91 Å². The molecule has 2 aliphatic rings. The molecule has 26 heavy (non-hydrogen) atoms. The standard InChI is InChI=1S/C21H27N3O2/c1-15-19(17(3)26-22-15)12-24-14-21(20(24)25)10-7-11-23(13-21)16(2)18-8-5-4-6-9-18/h4-6,8-9,16H,7,10-14H2,1-3H3/t16-,21+/m1/s1. The number of hydrogen-bond acceptors (Lipinski definition) is 4. The van der Waals surface area contributed by atoms with Crippen LogP contribution in [-0.4, -0.2) is 40.5 Å². The lowest BCUT2D eigenvalue weighted by Crippen LogP contribution is -2.66. The SMILES string of the molecule is Cc1noc(C)c1CN1C[C@@]2(CCCN([C@H](C)c3ccccc3)C2)C1=O. The van der Waals surface area contributed by atoms with Crippen LogP contribution in [0.15, 0.2) is 34.9 Å². The highest BCUT2D eigenvalue weighted by atomic mass is 16.5. The summed E-state index contributed by atoms with van der Waals surface area (Å²) in [7, 11) is 0. The molecule has 2 saturated heterocycles. The number of hydrogen-bond donors (Lipinski definition) is 0. The molecule has 4 rings (SSSR count). The van der Waals surface area contributed by atoms with Gasteiger partial charge in [0.2, 0.25) is 5.91 Å². The van der Waals surface area contributed by atoms with E-state index in [-0.39, 0.29) is 5.41 Å². The van der Waals surface area contributed by atoms with Crippen LogP contribution in [0.3, 0.4) is 0 Å². The van der Waals surface area contributed by atoms with Gasteiger partial charge in [0.05, 0.1) is 17.7 Å². The smallest absolute Gasteiger partial charge is 0.232 e. The number of piperidine rings is 1. The van der Waals surface area contributed by atoms with E-state index in [0.29, 0.717) is 18.5 Å². The van der Waals surface area contributed by atoms with Gasteiger partial charge in [-0.15, -0.1) is 0 Å². The first-order chi connectivity index (χ1) is 12.5. The molecular weight excluding hydrogens is 326 g/mol. The Kier molecular flexibility index (Phi) is 4.35. The molecule has 0 unspecified atom stereocenters. The van der Waals surface area contributed by atoms with Gasteiger partial charge in [0.1, 0.15) is 5.76 Å². The Morgan fingerprint density at radius 2 is 2.00 bits per heavy atom. The first kappa shape index (κ1) is 17.3. The maximum absolute atomic E-state index is 13.0. The third-order valence-electron chi connectivity index (χ3n) is 6.20. The van der Waals surface area contributed by atoms with Crippen molar-refractivity contribution in [2.24, 2.45) is 5.41 Å².